The summed E-state index contributed by atoms with van der Waals surface area (Å²) in [6.07, 6.45) is 5.72. The van der Waals surface area contributed by atoms with Gasteiger partial charge in [0.25, 0.3) is 0 Å². The molecule has 0 saturated heterocycles. The SMILES string of the molecule is O=S(=O)(CCCCl)NCC(C1CC1)C1CC1. The van der Waals surface area contributed by atoms with Gasteiger partial charge in [-0.2, -0.15) is 0 Å². The minimum Gasteiger partial charge on any atom is -0.215 e. The van der Waals surface area contributed by atoms with Crippen LogP contribution in [0.5, 0.6) is 0 Å². The van der Waals surface area contributed by atoms with Crippen LogP contribution in [0.3, 0.4) is 0 Å². The Hall–Kier alpha value is 0.200. The van der Waals surface area contributed by atoms with E-state index in [2.05, 4.69) is 4.72 Å². The van der Waals surface area contributed by atoms with E-state index in [1.807, 2.05) is 0 Å². The van der Waals surface area contributed by atoms with Crippen molar-refractivity contribution in [2.45, 2.75) is 32.1 Å². The summed E-state index contributed by atoms with van der Waals surface area (Å²) in [7, 11) is -3.08. The molecule has 2 rings (SSSR count). The Bertz CT molecular complexity index is 311. The Labute approximate surface area is 103 Å². The van der Waals surface area contributed by atoms with Crippen molar-refractivity contribution in [3.8, 4) is 0 Å². The van der Waals surface area contributed by atoms with E-state index in [4.69, 9.17) is 11.6 Å². The molecule has 16 heavy (non-hydrogen) atoms. The van der Waals surface area contributed by atoms with Gasteiger partial charge in [0, 0.05) is 12.4 Å². The molecule has 3 nitrogen and oxygen atoms in total. The first-order chi connectivity index (χ1) is 7.62. The summed E-state index contributed by atoms with van der Waals surface area (Å²) in [5, 5.41) is 0. The maximum absolute atomic E-state index is 11.6. The molecule has 0 aromatic heterocycles. The van der Waals surface area contributed by atoms with Crippen molar-refractivity contribution in [1.82, 2.24) is 4.72 Å². The highest BCUT2D eigenvalue weighted by molar-refractivity contribution is 7.89. The van der Waals surface area contributed by atoms with Gasteiger partial charge in [-0.3, -0.25) is 0 Å². The molecule has 0 amide bonds. The molecule has 0 aromatic rings. The lowest BCUT2D eigenvalue weighted by atomic mass is 9.99. The van der Waals surface area contributed by atoms with Crippen molar-refractivity contribution in [2.24, 2.45) is 17.8 Å². The monoisotopic (exact) mass is 265 g/mol. The summed E-state index contributed by atoms with van der Waals surface area (Å²) in [6.45, 7) is 0.653. The van der Waals surface area contributed by atoms with E-state index < -0.39 is 10.0 Å². The number of hydrogen-bond acceptors (Lipinski definition) is 2. The van der Waals surface area contributed by atoms with E-state index in [1.165, 1.54) is 25.7 Å². The maximum atomic E-state index is 11.6. The highest BCUT2D eigenvalue weighted by Crippen LogP contribution is 2.48. The van der Waals surface area contributed by atoms with Gasteiger partial charge in [-0.25, -0.2) is 13.1 Å². The van der Waals surface area contributed by atoms with Gasteiger partial charge in [0.05, 0.1) is 5.75 Å². The van der Waals surface area contributed by atoms with Crippen LogP contribution in [0.1, 0.15) is 32.1 Å². The van der Waals surface area contributed by atoms with Crippen molar-refractivity contribution in [3.05, 3.63) is 0 Å². The van der Waals surface area contributed by atoms with Crippen LogP contribution in [0.15, 0.2) is 0 Å². The first-order valence-corrected chi connectivity index (χ1v) is 8.34. The zero-order valence-corrected chi connectivity index (χ0v) is 11.1. The van der Waals surface area contributed by atoms with Gasteiger partial charge < -0.3 is 0 Å². The molecule has 0 atom stereocenters. The fourth-order valence-corrected chi connectivity index (χ4v) is 3.71. The smallest absolute Gasteiger partial charge is 0.211 e. The highest BCUT2D eigenvalue weighted by atomic mass is 35.5. The number of hydrogen-bond donors (Lipinski definition) is 1. The Morgan fingerprint density at radius 2 is 1.75 bits per heavy atom. The molecule has 0 bridgehead atoms. The van der Waals surface area contributed by atoms with E-state index >= 15 is 0 Å². The largest absolute Gasteiger partial charge is 0.215 e. The second kappa shape index (κ2) is 5.23. The van der Waals surface area contributed by atoms with Crippen molar-refractivity contribution in [1.29, 1.82) is 0 Å². The molecule has 0 aromatic carbocycles. The number of alkyl halides is 1. The molecule has 0 aliphatic heterocycles. The lowest BCUT2D eigenvalue weighted by Gasteiger charge is -2.16. The molecule has 94 valence electrons. The molecular formula is C11H20ClNO2S. The number of nitrogens with one attached hydrogen (secondary N) is 1. The van der Waals surface area contributed by atoms with Gasteiger partial charge in [0.2, 0.25) is 10.0 Å². The summed E-state index contributed by atoms with van der Waals surface area (Å²) in [4.78, 5) is 0. The molecule has 0 radical (unpaired) electrons. The molecule has 5 heteroatoms. The van der Waals surface area contributed by atoms with Crippen molar-refractivity contribution < 1.29 is 8.42 Å². The third-order valence-corrected chi connectivity index (χ3v) is 5.24. The average molecular weight is 266 g/mol. The quantitative estimate of drug-likeness (QED) is 0.682. The van der Waals surface area contributed by atoms with Crippen LogP contribution < -0.4 is 4.72 Å². The average Bonchev–Trinajstić information content (AvgIpc) is 3.06. The van der Waals surface area contributed by atoms with E-state index in [-0.39, 0.29) is 5.75 Å². The number of sulfonamides is 1. The van der Waals surface area contributed by atoms with Gasteiger partial charge in [-0.1, -0.05) is 0 Å². The molecule has 2 fully saturated rings. The third kappa shape index (κ3) is 3.90. The van der Waals surface area contributed by atoms with Crippen LogP contribution in [-0.2, 0) is 10.0 Å². The van der Waals surface area contributed by atoms with Crippen molar-refractivity contribution in [3.63, 3.8) is 0 Å². The predicted octanol–water partition coefficient (Wildman–Crippen LogP) is 1.97. The first kappa shape index (κ1) is 12.7. The lowest BCUT2D eigenvalue weighted by Crippen LogP contribution is -2.33. The van der Waals surface area contributed by atoms with Crippen LogP contribution in [0.4, 0.5) is 0 Å². The van der Waals surface area contributed by atoms with Gasteiger partial charge in [-0.05, 0) is 49.9 Å². The van der Waals surface area contributed by atoms with Crippen LogP contribution in [0.25, 0.3) is 0 Å². The van der Waals surface area contributed by atoms with Gasteiger partial charge in [0.15, 0.2) is 0 Å². The van der Waals surface area contributed by atoms with Crippen LogP contribution in [0, 0.1) is 17.8 Å². The van der Waals surface area contributed by atoms with Crippen molar-refractivity contribution in [2.75, 3.05) is 18.2 Å². The van der Waals surface area contributed by atoms with Crippen LogP contribution in [0.2, 0.25) is 0 Å². The third-order valence-electron chi connectivity index (χ3n) is 3.54. The molecule has 0 spiro atoms. The van der Waals surface area contributed by atoms with Gasteiger partial charge in [0.1, 0.15) is 0 Å². The number of rotatable bonds is 8. The summed E-state index contributed by atoms with van der Waals surface area (Å²) >= 11 is 5.50. The summed E-state index contributed by atoms with van der Waals surface area (Å²) < 4.78 is 26.0. The summed E-state index contributed by atoms with van der Waals surface area (Å²) in [5.74, 6) is 2.77. The van der Waals surface area contributed by atoms with Crippen LogP contribution >= 0.6 is 11.6 Å². The van der Waals surface area contributed by atoms with E-state index in [0.717, 1.165) is 11.8 Å². The second-order valence-electron chi connectivity index (χ2n) is 5.05. The predicted molar refractivity (Wildman–Crippen MR) is 66.1 cm³/mol. The lowest BCUT2D eigenvalue weighted by molar-refractivity contribution is 0.401. The maximum Gasteiger partial charge on any atom is 0.211 e. The van der Waals surface area contributed by atoms with E-state index in [0.29, 0.717) is 24.8 Å². The second-order valence-corrected chi connectivity index (χ2v) is 7.35. The van der Waals surface area contributed by atoms with E-state index in [1.54, 1.807) is 0 Å². The van der Waals surface area contributed by atoms with Crippen molar-refractivity contribution >= 4 is 21.6 Å². The van der Waals surface area contributed by atoms with E-state index in [9.17, 15) is 8.42 Å². The van der Waals surface area contributed by atoms with Gasteiger partial charge in [-0.15, -0.1) is 11.6 Å². The zero-order valence-electron chi connectivity index (χ0n) is 9.49. The fourth-order valence-electron chi connectivity index (χ4n) is 2.31. The molecule has 2 aliphatic carbocycles. The minimum atomic E-state index is -3.08. The Balaban J connectivity index is 1.75. The Morgan fingerprint density at radius 1 is 1.19 bits per heavy atom. The minimum absolute atomic E-state index is 0.165. The summed E-state index contributed by atoms with van der Waals surface area (Å²) in [6, 6.07) is 0. The normalized spacial score (nSPS) is 21.6. The molecule has 2 saturated carbocycles. The highest BCUT2D eigenvalue weighted by Gasteiger charge is 2.41. The number of halogens is 1. The molecule has 1 N–H and O–H groups in total. The van der Waals surface area contributed by atoms with Crippen LogP contribution in [-0.4, -0.2) is 26.6 Å². The molecular weight excluding hydrogens is 246 g/mol. The first-order valence-electron chi connectivity index (χ1n) is 6.15. The fraction of sp³-hybridized carbons (Fsp3) is 1.00. The topological polar surface area (TPSA) is 46.2 Å². The Kier molecular flexibility index (Phi) is 4.14. The molecule has 2 aliphatic rings. The Morgan fingerprint density at radius 3 is 2.19 bits per heavy atom. The summed E-state index contributed by atoms with van der Waals surface area (Å²) in [5.41, 5.74) is 0. The molecule has 0 unspecified atom stereocenters. The van der Waals surface area contributed by atoms with Gasteiger partial charge >= 0.3 is 0 Å². The molecule has 0 heterocycles. The zero-order chi connectivity index (χ0) is 11.6. The standard InChI is InChI=1S/C11H20ClNO2S/c12-6-1-7-16(14,15)13-8-11(9-2-3-9)10-4-5-10/h9-11,13H,1-8H2.